The Kier molecular flexibility index (Phi) is 3.67. The van der Waals surface area contributed by atoms with Crippen LogP contribution < -0.4 is 10.5 Å². The van der Waals surface area contributed by atoms with Gasteiger partial charge in [0.15, 0.2) is 6.79 Å². The molecule has 0 amide bonds. The van der Waals surface area contributed by atoms with E-state index in [9.17, 15) is 4.39 Å². The van der Waals surface area contributed by atoms with Crippen LogP contribution in [-0.4, -0.2) is 13.9 Å². The molecule has 0 heterocycles. The van der Waals surface area contributed by atoms with Crippen molar-refractivity contribution in [2.75, 3.05) is 13.9 Å². The number of hydrogen-bond acceptors (Lipinski definition) is 3. The lowest BCUT2D eigenvalue weighted by atomic mass is 10.2. The topological polar surface area (TPSA) is 44.5 Å². The molecule has 13 heavy (non-hydrogen) atoms. The molecule has 0 radical (unpaired) electrons. The Morgan fingerprint density at radius 1 is 1.46 bits per heavy atom. The van der Waals surface area contributed by atoms with Crippen LogP contribution in [0.15, 0.2) is 18.2 Å². The molecular weight excluding hydrogens is 173 g/mol. The first kappa shape index (κ1) is 9.95. The Morgan fingerprint density at radius 2 is 2.23 bits per heavy atom. The zero-order valence-electron chi connectivity index (χ0n) is 7.42. The zero-order valence-corrected chi connectivity index (χ0v) is 7.42. The minimum atomic E-state index is -0.351. The smallest absolute Gasteiger partial charge is 0.188 e. The quantitative estimate of drug-likeness (QED) is 0.718. The van der Waals surface area contributed by atoms with E-state index < -0.39 is 0 Å². The molecule has 0 unspecified atom stereocenters. The van der Waals surface area contributed by atoms with Gasteiger partial charge < -0.3 is 15.2 Å². The molecule has 0 saturated heterocycles. The van der Waals surface area contributed by atoms with Crippen LogP contribution in [0.5, 0.6) is 5.75 Å². The van der Waals surface area contributed by atoms with Crippen LogP contribution in [0.1, 0.15) is 5.56 Å². The maximum Gasteiger partial charge on any atom is 0.188 e. The molecular formula is C9H12FNO2. The molecule has 0 aliphatic heterocycles. The van der Waals surface area contributed by atoms with Gasteiger partial charge in [0, 0.05) is 25.3 Å². The third-order valence-corrected chi connectivity index (χ3v) is 1.59. The van der Waals surface area contributed by atoms with Crippen LogP contribution in [-0.2, 0) is 11.3 Å². The van der Waals surface area contributed by atoms with Gasteiger partial charge in [-0.2, -0.15) is 0 Å². The summed E-state index contributed by atoms with van der Waals surface area (Å²) in [5.41, 5.74) is 5.77. The number of ether oxygens (including phenoxy) is 2. The van der Waals surface area contributed by atoms with Gasteiger partial charge in [0.05, 0.1) is 0 Å². The Balaban J connectivity index is 2.71. The number of rotatable bonds is 4. The second kappa shape index (κ2) is 4.79. The molecule has 72 valence electrons. The Morgan fingerprint density at radius 3 is 2.77 bits per heavy atom. The van der Waals surface area contributed by atoms with Crippen LogP contribution in [0, 0.1) is 5.82 Å². The van der Waals surface area contributed by atoms with Crippen LogP contribution in [0.4, 0.5) is 4.39 Å². The van der Waals surface area contributed by atoms with Crippen LogP contribution >= 0.6 is 0 Å². The molecule has 0 saturated carbocycles. The van der Waals surface area contributed by atoms with Crippen molar-refractivity contribution in [3.63, 3.8) is 0 Å². The monoisotopic (exact) mass is 185 g/mol. The lowest BCUT2D eigenvalue weighted by molar-refractivity contribution is 0.0509. The van der Waals surface area contributed by atoms with Gasteiger partial charge in [0.1, 0.15) is 11.6 Å². The molecule has 2 N–H and O–H groups in total. The zero-order chi connectivity index (χ0) is 9.68. The van der Waals surface area contributed by atoms with E-state index in [-0.39, 0.29) is 19.2 Å². The van der Waals surface area contributed by atoms with E-state index in [0.717, 1.165) is 0 Å². The summed E-state index contributed by atoms with van der Waals surface area (Å²) in [6.45, 7) is 0.303. The van der Waals surface area contributed by atoms with Crippen LogP contribution in [0.3, 0.4) is 0 Å². The van der Waals surface area contributed by atoms with Crippen molar-refractivity contribution >= 4 is 0 Å². The molecule has 0 aliphatic rings. The van der Waals surface area contributed by atoms with E-state index >= 15 is 0 Å². The fraction of sp³-hybridized carbons (Fsp3) is 0.333. The minimum Gasteiger partial charge on any atom is -0.467 e. The predicted octanol–water partition coefficient (Wildman–Crippen LogP) is 1.27. The number of benzene rings is 1. The molecule has 0 bridgehead atoms. The van der Waals surface area contributed by atoms with Crippen molar-refractivity contribution < 1.29 is 13.9 Å². The first-order chi connectivity index (χ1) is 6.27. The second-order valence-electron chi connectivity index (χ2n) is 2.51. The summed E-state index contributed by atoms with van der Waals surface area (Å²) in [4.78, 5) is 0. The average Bonchev–Trinajstić information content (AvgIpc) is 2.15. The summed E-state index contributed by atoms with van der Waals surface area (Å²) in [7, 11) is 1.50. The van der Waals surface area contributed by atoms with Gasteiger partial charge in [0.25, 0.3) is 0 Å². The summed E-state index contributed by atoms with van der Waals surface area (Å²) in [5.74, 6) is 0.0904. The van der Waals surface area contributed by atoms with E-state index in [1.165, 1.54) is 13.2 Å². The van der Waals surface area contributed by atoms with E-state index in [4.69, 9.17) is 10.5 Å². The molecule has 0 aliphatic carbocycles. The normalized spacial score (nSPS) is 10.1. The van der Waals surface area contributed by atoms with Crippen LogP contribution in [0.2, 0.25) is 0 Å². The number of nitrogens with two attached hydrogens (primary N) is 1. The van der Waals surface area contributed by atoms with E-state index in [1.54, 1.807) is 12.1 Å². The van der Waals surface area contributed by atoms with Gasteiger partial charge in [0.2, 0.25) is 0 Å². The largest absolute Gasteiger partial charge is 0.467 e. The van der Waals surface area contributed by atoms with Gasteiger partial charge in [-0.15, -0.1) is 0 Å². The molecule has 0 atom stereocenters. The van der Waals surface area contributed by atoms with Crippen molar-refractivity contribution in [1.29, 1.82) is 0 Å². The Hall–Kier alpha value is -1.13. The van der Waals surface area contributed by atoms with Gasteiger partial charge in [-0.3, -0.25) is 0 Å². The fourth-order valence-electron chi connectivity index (χ4n) is 0.910. The highest BCUT2D eigenvalue weighted by molar-refractivity contribution is 5.28. The highest BCUT2D eigenvalue weighted by Gasteiger charge is 2.01. The predicted molar refractivity (Wildman–Crippen MR) is 46.8 cm³/mol. The van der Waals surface area contributed by atoms with Gasteiger partial charge in [-0.25, -0.2) is 4.39 Å². The maximum absolute atomic E-state index is 13.1. The summed E-state index contributed by atoms with van der Waals surface area (Å²) < 4.78 is 22.8. The highest BCUT2D eigenvalue weighted by Crippen LogP contribution is 2.15. The standard InChI is InChI=1S/C9H12FNO2/c1-12-6-13-8-3-2-7(5-11)9(10)4-8/h2-4H,5-6,11H2,1H3. The van der Waals surface area contributed by atoms with Crippen molar-refractivity contribution in [3.8, 4) is 5.75 Å². The van der Waals surface area contributed by atoms with Crippen LogP contribution in [0.25, 0.3) is 0 Å². The third-order valence-electron chi connectivity index (χ3n) is 1.59. The molecule has 0 spiro atoms. The molecule has 3 nitrogen and oxygen atoms in total. The maximum atomic E-state index is 13.1. The lowest BCUT2D eigenvalue weighted by Crippen LogP contribution is -2.02. The van der Waals surface area contributed by atoms with Gasteiger partial charge >= 0.3 is 0 Å². The Bertz CT molecular complexity index is 278. The summed E-state index contributed by atoms with van der Waals surface area (Å²) in [6.07, 6.45) is 0. The molecule has 1 rings (SSSR count). The number of hydrogen-bond donors (Lipinski definition) is 1. The molecule has 1 aromatic carbocycles. The van der Waals surface area contributed by atoms with Crippen molar-refractivity contribution in [3.05, 3.63) is 29.6 Å². The SMILES string of the molecule is COCOc1ccc(CN)c(F)c1. The van der Waals surface area contributed by atoms with Gasteiger partial charge in [-0.1, -0.05) is 6.07 Å². The lowest BCUT2D eigenvalue weighted by Gasteiger charge is -2.05. The first-order valence-corrected chi connectivity index (χ1v) is 3.88. The summed E-state index contributed by atoms with van der Waals surface area (Å²) >= 11 is 0. The highest BCUT2D eigenvalue weighted by atomic mass is 19.1. The molecule has 1 aromatic rings. The second-order valence-corrected chi connectivity index (χ2v) is 2.51. The third kappa shape index (κ3) is 2.68. The molecule has 0 aromatic heterocycles. The minimum absolute atomic E-state index is 0.113. The molecule has 0 fully saturated rings. The fourth-order valence-corrected chi connectivity index (χ4v) is 0.910. The Labute approximate surface area is 76.3 Å². The van der Waals surface area contributed by atoms with E-state index in [0.29, 0.717) is 11.3 Å². The van der Waals surface area contributed by atoms with Crippen molar-refractivity contribution in [2.24, 2.45) is 5.73 Å². The van der Waals surface area contributed by atoms with Crippen molar-refractivity contribution in [1.82, 2.24) is 0 Å². The van der Waals surface area contributed by atoms with E-state index in [2.05, 4.69) is 4.74 Å². The van der Waals surface area contributed by atoms with Gasteiger partial charge in [-0.05, 0) is 6.07 Å². The number of halogens is 1. The average molecular weight is 185 g/mol. The first-order valence-electron chi connectivity index (χ1n) is 3.88. The number of methoxy groups -OCH3 is 1. The molecule has 4 heteroatoms. The van der Waals surface area contributed by atoms with Crippen molar-refractivity contribution in [2.45, 2.75) is 6.54 Å². The summed E-state index contributed by atoms with van der Waals surface area (Å²) in [5, 5.41) is 0. The summed E-state index contributed by atoms with van der Waals surface area (Å²) in [6, 6.07) is 4.55. The van der Waals surface area contributed by atoms with E-state index in [1.807, 2.05) is 0 Å².